The summed E-state index contributed by atoms with van der Waals surface area (Å²) in [5.41, 5.74) is 1.01. The molecular formula is C13H13ClN2O3. The molecule has 0 aromatic carbocycles. The number of nitrogens with zero attached hydrogens (tertiary/aromatic N) is 2. The number of esters is 1. The van der Waals surface area contributed by atoms with Gasteiger partial charge in [0, 0.05) is 24.0 Å². The summed E-state index contributed by atoms with van der Waals surface area (Å²) >= 11 is 6.15. The topological polar surface area (TPSA) is 62.7 Å². The average molecular weight is 281 g/mol. The van der Waals surface area contributed by atoms with Gasteiger partial charge in [0.25, 0.3) is 0 Å². The van der Waals surface area contributed by atoms with Gasteiger partial charge in [0.05, 0.1) is 18.0 Å². The molecule has 0 radical (unpaired) electrons. The number of ether oxygens (including phenoxy) is 1. The Morgan fingerprint density at radius 1 is 1.58 bits per heavy atom. The van der Waals surface area contributed by atoms with Gasteiger partial charge in [-0.1, -0.05) is 6.07 Å². The Labute approximate surface area is 115 Å². The highest BCUT2D eigenvalue weighted by molar-refractivity contribution is 6.19. The zero-order chi connectivity index (χ0) is 13.8. The second-order valence-corrected chi connectivity index (χ2v) is 4.21. The molecule has 1 aromatic heterocycles. The highest BCUT2D eigenvalue weighted by Crippen LogP contribution is 2.28. The second kappa shape index (κ2) is 5.75. The summed E-state index contributed by atoms with van der Waals surface area (Å²) in [6, 6.07) is 4.43. The van der Waals surface area contributed by atoms with Crippen molar-refractivity contribution in [3.8, 4) is 0 Å². The van der Waals surface area contributed by atoms with E-state index >= 15 is 0 Å². The fraction of sp³-hybridized carbons (Fsp3) is 0.231. The van der Waals surface area contributed by atoms with E-state index in [-0.39, 0.29) is 12.4 Å². The quantitative estimate of drug-likeness (QED) is 0.680. The number of hydrogen-bond acceptors (Lipinski definition) is 5. The molecule has 5 nitrogen and oxygen atoms in total. The molecule has 1 unspecified atom stereocenters. The van der Waals surface area contributed by atoms with Gasteiger partial charge in [0.1, 0.15) is 5.76 Å². The zero-order valence-electron chi connectivity index (χ0n) is 10.3. The van der Waals surface area contributed by atoms with Crippen molar-refractivity contribution in [2.75, 3.05) is 6.61 Å². The summed E-state index contributed by atoms with van der Waals surface area (Å²) in [5.74, 6) is -0.568. The second-order valence-electron chi connectivity index (χ2n) is 3.84. The maximum absolute atomic E-state index is 11.8. The van der Waals surface area contributed by atoms with Gasteiger partial charge < -0.3 is 9.84 Å². The summed E-state index contributed by atoms with van der Waals surface area (Å²) < 4.78 is 6.12. The van der Waals surface area contributed by atoms with Crippen LogP contribution in [0.5, 0.6) is 0 Å². The lowest BCUT2D eigenvalue weighted by atomic mass is 10.1. The van der Waals surface area contributed by atoms with Crippen molar-refractivity contribution in [3.63, 3.8) is 0 Å². The molecule has 0 fully saturated rings. The first-order valence-corrected chi connectivity index (χ1v) is 6.13. The average Bonchev–Trinajstić information content (AvgIpc) is 2.42. The first-order valence-electron chi connectivity index (χ1n) is 5.79. The first-order chi connectivity index (χ1) is 9.13. The number of hydrogen-bond donors (Lipinski definition) is 1. The Bertz CT molecular complexity index is 528. The molecule has 6 heteroatoms. The molecule has 19 heavy (non-hydrogen) atoms. The fourth-order valence-electron chi connectivity index (χ4n) is 1.71. The van der Waals surface area contributed by atoms with Crippen LogP contribution in [0.25, 0.3) is 5.70 Å². The predicted molar refractivity (Wildman–Crippen MR) is 71.0 cm³/mol. The lowest BCUT2D eigenvalue weighted by molar-refractivity contribution is -0.145. The molecule has 100 valence electrons. The van der Waals surface area contributed by atoms with Gasteiger partial charge in [-0.2, -0.15) is 0 Å². The van der Waals surface area contributed by atoms with Crippen molar-refractivity contribution in [1.82, 2.24) is 9.40 Å². The molecule has 1 aliphatic rings. The molecule has 2 rings (SSSR count). The molecule has 1 aliphatic heterocycles. The summed E-state index contributed by atoms with van der Waals surface area (Å²) in [4.78, 5) is 15.9. The minimum absolute atomic E-state index is 0.0457. The Hall–Kier alpha value is -2.01. The standard InChI is InChI=1S/C13H13ClN2O3/c1-2-19-13(18)12-8-9(17)7-11(16(12)14)10-5-3-4-6-15-10/h3-8,12,17H,2H2,1H3. The number of allylic oxidation sites excluding steroid dienone is 1. The van der Waals surface area contributed by atoms with Gasteiger partial charge in [0.15, 0.2) is 6.04 Å². The van der Waals surface area contributed by atoms with Gasteiger partial charge in [-0.05, 0) is 25.1 Å². The SMILES string of the molecule is CCOC(=O)C1C=C(O)C=C(c2ccccn2)N1Cl. The molecule has 1 atom stereocenters. The number of halogens is 1. The van der Waals surface area contributed by atoms with Crippen LogP contribution >= 0.6 is 11.8 Å². The van der Waals surface area contributed by atoms with Crippen LogP contribution in [0.15, 0.2) is 42.3 Å². The van der Waals surface area contributed by atoms with Crippen molar-refractivity contribution in [3.05, 3.63) is 48.0 Å². The molecule has 0 saturated carbocycles. The van der Waals surface area contributed by atoms with E-state index in [1.165, 1.54) is 16.6 Å². The van der Waals surface area contributed by atoms with Gasteiger partial charge in [0.2, 0.25) is 0 Å². The van der Waals surface area contributed by atoms with Crippen LogP contribution < -0.4 is 0 Å². The van der Waals surface area contributed by atoms with E-state index in [0.29, 0.717) is 11.4 Å². The molecule has 1 N–H and O–H groups in total. The van der Waals surface area contributed by atoms with Crippen molar-refractivity contribution in [1.29, 1.82) is 0 Å². The Morgan fingerprint density at radius 3 is 3.00 bits per heavy atom. The molecule has 0 spiro atoms. The van der Waals surface area contributed by atoms with E-state index in [1.807, 2.05) is 0 Å². The maximum atomic E-state index is 11.8. The van der Waals surface area contributed by atoms with E-state index in [2.05, 4.69) is 4.98 Å². The highest BCUT2D eigenvalue weighted by Gasteiger charge is 2.30. The van der Waals surface area contributed by atoms with Crippen molar-refractivity contribution in [2.45, 2.75) is 13.0 Å². The number of aromatic nitrogens is 1. The van der Waals surface area contributed by atoms with E-state index in [0.717, 1.165) is 0 Å². The Morgan fingerprint density at radius 2 is 2.37 bits per heavy atom. The van der Waals surface area contributed by atoms with Crippen LogP contribution in [0.4, 0.5) is 0 Å². The minimum atomic E-state index is -0.872. The van der Waals surface area contributed by atoms with Crippen LogP contribution in [0.1, 0.15) is 12.6 Å². The molecular weight excluding hydrogens is 268 g/mol. The van der Waals surface area contributed by atoms with Crippen molar-refractivity contribution < 1.29 is 14.6 Å². The largest absolute Gasteiger partial charge is 0.508 e. The lowest BCUT2D eigenvalue weighted by Crippen LogP contribution is -2.36. The smallest absolute Gasteiger partial charge is 0.334 e. The van der Waals surface area contributed by atoms with E-state index in [4.69, 9.17) is 16.5 Å². The van der Waals surface area contributed by atoms with Crippen molar-refractivity contribution in [2.24, 2.45) is 0 Å². The van der Waals surface area contributed by atoms with E-state index in [1.54, 1.807) is 31.3 Å². The van der Waals surface area contributed by atoms with Gasteiger partial charge in [-0.3, -0.25) is 9.40 Å². The minimum Gasteiger partial charge on any atom is -0.508 e. The lowest BCUT2D eigenvalue weighted by Gasteiger charge is -2.27. The highest BCUT2D eigenvalue weighted by atomic mass is 35.5. The molecule has 0 aliphatic carbocycles. The predicted octanol–water partition coefficient (Wildman–Crippen LogP) is 2.27. The third-order valence-electron chi connectivity index (χ3n) is 2.54. The molecule has 2 heterocycles. The van der Waals surface area contributed by atoms with Crippen LogP contribution in [-0.2, 0) is 9.53 Å². The van der Waals surface area contributed by atoms with E-state index < -0.39 is 12.0 Å². The molecule has 0 bridgehead atoms. The van der Waals surface area contributed by atoms with Crippen LogP contribution in [0.3, 0.4) is 0 Å². The molecule has 1 aromatic rings. The monoisotopic (exact) mass is 280 g/mol. The fourth-order valence-corrected chi connectivity index (χ4v) is 1.98. The number of pyridine rings is 1. The third-order valence-corrected chi connectivity index (χ3v) is 2.94. The van der Waals surface area contributed by atoms with Crippen molar-refractivity contribution >= 4 is 23.4 Å². The van der Waals surface area contributed by atoms with Gasteiger partial charge >= 0.3 is 5.97 Å². The van der Waals surface area contributed by atoms with Crippen LogP contribution in [0, 0.1) is 0 Å². The molecule has 0 saturated heterocycles. The van der Waals surface area contributed by atoms with Gasteiger partial charge in [-0.15, -0.1) is 0 Å². The number of rotatable bonds is 3. The number of carbonyl (C=O) groups excluding carboxylic acids is 1. The molecule has 0 amide bonds. The summed E-state index contributed by atoms with van der Waals surface area (Å²) in [7, 11) is 0. The number of aliphatic hydroxyl groups excluding tert-OH is 1. The zero-order valence-corrected chi connectivity index (χ0v) is 11.0. The number of carbonyl (C=O) groups is 1. The Kier molecular flexibility index (Phi) is 4.06. The number of aliphatic hydroxyl groups is 1. The summed E-state index contributed by atoms with van der Waals surface area (Å²) in [6.45, 7) is 1.95. The summed E-state index contributed by atoms with van der Waals surface area (Å²) in [6.07, 6.45) is 4.39. The van der Waals surface area contributed by atoms with Crippen LogP contribution in [0.2, 0.25) is 0 Å². The van der Waals surface area contributed by atoms with Crippen LogP contribution in [-0.4, -0.2) is 33.1 Å². The summed E-state index contributed by atoms with van der Waals surface area (Å²) in [5, 5.41) is 9.71. The van der Waals surface area contributed by atoms with E-state index in [9.17, 15) is 9.90 Å². The normalized spacial score (nSPS) is 18.6. The van der Waals surface area contributed by atoms with Gasteiger partial charge in [-0.25, -0.2) is 4.79 Å². The first kappa shape index (κ1) is 13.4. The Balaban J connectivity index is 2.31. The third kappa shape index (κ3) is 2.88. The maximum Gasteiger partial charge on any atom is 0.334 e.